The number of hydrogen-bond acceptors (Lipinski definition) is 4. The Morgan fingerprint density at radius 1 is 1.71 bits per heavy atom. The lowest BCUT2D eigenvalue weighted by molar-refractivity contribution is 0.784. The maximum Gasteiger partial charge on any atom is 0.222 e. The van der Waals surface area contributed by atoms with E-state index in [1.807, 2.05) is 0 Å². The molecule has 0 aliphatic heterocycles. The van der Waals surface area contributed by atoms with Crippen molar-refractivity contribution >= 4 is 23.4 Å². The lowest BCUT2D eigenvalue weighted by Gasteiger charge is -2.06. The monoisotopic (exact) mass is 212 g/mol. The predicted octanol–water partition coefficient (Wildman–Crippen LogP) is 1.78. The maximum atomic E-state index is 5.89. The molecule has 76 valence electrons. The predicted molar refractivity (Wildman–Crippen MR) is 57.2 cm³/mol. The van der Waals surface area contributed by atoms with Gasteiger partial charge in [-0.15, -0.1) is 0 Å². The van der Waals surface area contributed by atoms with E-state index in [4.69, 9.17) is 17.3 Å². The van der Waals surface area contributed by atoms with Crippen LogP contribution in [0.4, 0.5) is 11.8 Å². The summed E-state index contributed by atoms with van der Waals surface area (Å²) in [4.78, 5) is 7.81. The Hall–Kier alpha value is -1.03. The van der Waals surface area contributed by atoms with Gasteiger partial charge in [0.25, 0.3) is 0 Å². The van der Waals surface area contributed by atoms with E-state index in [0.717, 1.165) is 18.4 Å². The Morgan fingerprint density at radius 3 is 3.07 bits per heavy atom. The van der Waals surface area contributed by atoms with E-state index < -0.39 is 0 Å². The molecule has 0 radical (unpaired) electrons. The van der Waals surface area contributed by atoms with Gasteiger partial charge in [0.2, 0.25) is 5.95 Å². The largest absolute Gasteiger partial charge is 0.368 e. The van der Waals surface area contributed by atoms with Crippen LogP contribution in [0.1, 0.15) is 13.3 Å². The van der Waals surface area contributed by atoms with Gasteiger partial charge in [-0.3, -0.25) is 0 Å². The van der Waals surface area contributed by atoms with Crippen molar-refractivity contribution in [1.82, 2.24) is 9.97 Å². The van der Waals surface area contributed by atoms with Gasteiger partial charge in [0, 0.05) is 6.54 Å². The fourth-order valence-corrected chi connectivity index (χ4v) is 1.57. The average Bonchev–Trinajstić information content (AvgIpc) is 2.84. The van der Waals surface area contributed by atoms with Gasteiger partial charge in [-0.25, -0.2) is 4.98 Å². The lowest BCUT2D eigenvalue weighted by Crippen LogP contribution is -2.08. The SMILES string of the molecule is CC1CC1CNc1nc(N)ncc1Cl. The topological polar surface area (TPSA) is 63.8 Å². The fraction of sp³-hybridized carbons (Fsp3) is 0.556. The van der Waals surface area contributed by atoms with E-state index in [1.54, 1.807) is 0 Å². The lowest BCUT2D eigenvalue weighted by atomic mass is 10.3. The summed E-state index contributed by atoms with van der Waals surface area (Å²) in [6, 6.07) is 0. The molecule has 1 saturated carbocycles. The molecule has 1 aromatic heterocycles. The summed E-state index contributed by atoms with van der Waals surface area (Å²) < 4.78 is 0. The smallest absolute Gasteiger partial charge is 0.222 e. The van der Waals surface area contributed by atoms with E-state index in [0.29, 0.717) is 10.8 Å². The van der Waals surface area contributed by atoms with Crippen molar-refractivity contribution in [2.45, 2.75) is 13.3 Å². The van der Waals surface area contributed by atoms with Crippen molar-refractivity contribution in [1.29, 1.82) is 0 Å². The molecule has 0 amide bonds. The molecule has 1 heterocycles. The number of nitrogens with two attached hydrogens (primary N) is 1. The zero-order chi connectivity index (χ0) is 10.1. The second-order valence-corrected chi connectivity index (χ2v) is 4.19. The van der Waals surface area contributed by atoms with E-state index in [-0.39, 0.29) is 5.95 Å². The van der Waals surface area contributed by atoms with Crippen molar-refractivity contribution < 1.29 is 0 Å². The zero-order valence-corrected chi connectivity index (χ0v) is 8.75. The van der Waals surface area contributed by atoms with E-state index in [1.165, 1.54) is 12.6 Å². The number of anilines is 2. The number of aromatic nitrogens is 2. The minimum atomic E-state index is 0.251. The average molecular weight is 213 g/mol. The van der Waals surface area contributed by atoms with Gasteiger partial charge in [0.1, 0.15) is 10.8 Å². The van der Waals surface area contributed by atoms with Crippen molar-refractivity contribution in [3.05, 3.63) is 11.2 Å². The van der Waals surface area contributed by atoms with Gasteiger partial charge in [-0.2, -0.15) is 4.98 Å². The van der Waals surface area contributed by atoms with E-state index in [2.05, 4.69) is 22.2 Å². The molecule has 0 aromatic carbocycles. The first-order chi connectivity index (χ1) is 6.66. The Morgan fingerprint density at radius 2 is 2.43 bits per heavy atom. The van der Waals surface area contributed by atoms with Gasteiger partial charge in [-0.05, 0) is 18.3 Å². The molecule has 1 fully saturated rings. The zero-order valence-electron chi connectivity index (χ0n) is 8.00. The molecule has 0 saturated heterocycles. The van der Waals surface area contributed by atoms with Crippen LogP contribution in [0, 0.1) is 11.8 Å². The van der Waals surface area contributed by atoms with E-state index in [9.17, 15) is 0 Å². The van der Waals surface area contributed by atoms with E-state index >= 15 is 0 Å². The minimum Gasteiger partial charge on any atom is -0.368 e. The van der Waals surface area contributed by atoms with Crippen molar-refractivity contribution in [2.75, 3.05) is 17.6 Å². The highest BCUT2D eigenvalue weighted by molar-refractivity contribution is 6.32. The molecule has 2 rings (SSSR count). The van der Waals surface area contributed by atoms with Gasteiger partial charge < -0.3 is 11.1 Å². The summed E-state index contributed by atoms with van der Waals surface area (Å²) in [6.45, 7) is 3.15. The highest BCUT2D eigenvalue weighted by Crippen LogP contribution is 2.37. The molecule has 1 aliphatic rings. The van der Waals surface area contributed by atoms with Crippen LogP contribution in [-0.2, 0) is 0 Å². The van der Waals surface area contributed by atoms with Gasteiger partial charge in [-0.1, -0.05) is 18.5 Å². The van der Waals surface area contributed by atoms with Crippen LogP contribution in [-0.4, -0.2) is 16.5 Å². The normalized spacial score (nSPS) is 24.7. The number of nitrogen functional groups attached to an aromatic ring is 1. The van der Waals surface area contributed by atoms with Crippen molar-refractivity contribution in [3.8, 4) is 0 Å². The molecular weight excluding hydrogens is 200 g/mol. The van der Waals surface area contributed by atoms with Crippen LogP contribution < -0.4 is 11.1 Å². The molecule has 0 spiro atoms. The molecule has 1 aliphatic carbocycles. The molecule has 0 bridgehead atoms. The Bertz CT molecular complexity index is 342. The summed E-state index contributed by atoms with van der Waals surface area (Å²) in [7, 11) is 0. The van der Waals surface area contributed by atoms with Crippen LogP contribution in [0.3, 0.4) is 0 Å². The molecule has 5 heteroatoms. The Kier molecular flexibility index (Phi) is 2.46. The second kappa shape index (κ2) is 3.61. The van der Waals surface area contributed by atoms with Crippen LogP contribution in [0.15, 0.2) is 6.20 Å². The molecule has 2 atom stereocenters. The van der Waals surface area contributed by atoms with Crippen molar-refractivity contribution in [2.24, 2.45) is 11.8 Å². The number of nitrogens with zero attached hydrogens (tertiary/aromatic N) is 2. The number of halogens is 1. The first kappa shape index (κ1) is 9.52. The fourth-order valence-electron chi connectivity index (χ4n) is 1.42. The van der Waals surface area contributed by atoms with Gasteiger partial charge in [0.05, 0.1) is 6.20 Å². The third-order valence-corrected chi connectivity index (χ3v) is 2.85. The maximum absolute atomic E-state index is 5.89. The van der Waals surface area contributed by atoms with Crippen LogP contribution in [0.5, 0.6) is 0 Å². The van der Waals surface area contributed by atoms with Crippen LogP contribution in [0.2, 0.25) is 5.02 Å². The third kappa shape index (κ3) is 2.07. The van der Waals surface area contributed by atoms with Crippen LogP contribution >= 0.6 is 11.6 Å². The molecule has 14 heavy (non-hydrogen) atoms. The Labute approximate surface area is 87.9 Å². The standard InChI is InChI=1S/C9H13ClN4/c1-5-2-6(5)3-12-8-7(10)4-13-9(11)14-8/h4-6H,2-3H2,1H3,(H3,11,12,13,14). The second-order valence-electron chi connectivity index (χ2n) is 3.78. The molecule has 4 nitrogen and oxygen atoms in total. The summed E-state index contributed by atoms with van der Waals surface area (Å²) >= 11 is 5.89. The number of nitrogens with one attached hydrogen (secondary N) is 1. The highest BCUT2D eigenvalue weighted by Gasteiger charge is 2.32. The van der Waals surface area contributed by atoms with Gasteiger partial charge in [0.15, 0.2) is 0 Å². The van der Waals surface area contributed by atoms with Crippen LogP contribution in [0.25, 0.3) is 0 Å². The summed E-state index contributed by atoms with van der Waals surface area (Å²) in [6.07, 6.45) is 2.80. The molecule has 3 N–H and O–H groups in total. The highest BCUT2D eigenvalue weighted by atomic mass is 35.5. The first-order valence-corrected chi connectivity index (χ1v) is 5.06. The minimum absolute atomic E-state index is 0.251. The number of rotatable bonds is 3. The van der Waals surface area contributed by atoms with Gasteiger partial charge >= 0.3 is 0 Å². The number of hydrogen-bond donors (Lipinski definition) is 2. The summed E-state index contributed by atoms with van der Waals surface area (Å²) in [5.41, 5.74) is 5.46. The molecular formula is C9H13ClN4. The third-order valence-electron chi connectivity index (χ3n) is 2.57. The first-order valence-electron chi connectivity index (χ1n) is 4.68. The quantitative estimate of drug-likeness (QED) is 0.802. The summed E-state index contributed by atoms with van der Waals surface area (Å²) in [5, 5.41) is 3.70. The molecule has 1 aromatic rings. The Balaban J connectivity index is 1.97. The van der Waals surface area contributed by atoms with Crippen molar-refractivity contribution in [3.63, 3.8) is 0 Å². The summed E-state index contributed by atoms with van der Waals surface area (Å²) in [5.74, 6) is 2.46. The molecule has 2 unspecified atom stereocenters.